The number of H-pyrrole nitrogens is 2. The molecule has 7 nitrogen and oxygen atoms in total. The first kappa shape index (κ1) is 13.3. The lowest BCUT2D eigenvalue weighted by Crippen LogP contribution is -2.42. The van der Waals surface area contributed by atoms with Crippen molar-refractivity contribution in [3.63, 3.8) is 0 Å². The van der Waals surface area contributed by atoms with Gasteiger partial charge in [-0.25, -0.2) is 4.98 Å². The Morgan fingerprint density at radius 1 is 1.60 bits per heavy atom. The van der Waals surface area contributed by atoms with Crippen molar-refractivity contribution >= 4 is 21.8 Å². The van der Waals surface area contributed by atoms with E-state index in [-0.39, 0.29) is 12.0 Å². The maximum Gasteiger partial charge on any atom is 0.270 e. The number of morpholine rings is 1. The second-order valence-electron chi connectivity index (χ2n) is 4.62. The van der Waals surface area contributed by atoms with Crippen LogP contribution in [0.4, 0.5) is 0 Å². The fourth-order valence-corrected chi connectivity index (χ4v) is 2.50. The van der Waals surface area contributed by atoms with E-state index in [1.54, 1.807) is 17.2 Å². The summed E-state index contributed by atoms with van der Waals surface area (Å²) in [5, 5.41) is 6.88. The summed E-state index contributed by atoms with van der Waals surface area (Å²) in [4.78, 5) is 21.3. The number of carbonyl (C=O) groups is 1. The number of hydrogen-bond donors (Lipinski definition) is 2. The number of rotatable bonds is 2. The van der Waals surface area contributed by atoms with Crippen LogP contribution >= 0.6 is 15.9 Å². The summed E-state index contributed by atoms with van der Waals surface area (Å²) in [7, 11) is 0. The number of aromatic nitrogens is 4. The van der Waals surface area contributed by atoms with Crippen molar-refractivity contribution in [2.45, 2.75) is 13.0 Å². The maximum absolute atomic E-state index is 12.4. The van der Waals surface area contributed by atoms with Gasteiger partial charge in [-0.15, -0.1) is 0 Å². The van der Waals surface area contributed by atoms with Crippen LogP contribution in [-0.2, 0) is 4.74 Å². The third kappa shape index (κ3) is 2.61. The minimum Gasteiger partial charge on any atom is -0.366 e. The lowest BCUT2D eigenvalue weighted by molar-refractivity contribution is -0.0268. The highest BCUT2D eigenvalue weighted by Gasteiger charge is 2.28. The molecule has 0 radical (unpaired) electrons. The molecule has 0 saturated carbocycles. The number of ether oxygens (including phenoxy) is 1. The molecule has 106 valence electrons. The monoisotopic (exact) mass is 339 g/mol. The molecule has 1 atom stereocenters. The highest BCUT2D eigenvalue weighted by Crippen LogP contribution is 2.21. The number of carbonyl (C=O) groups excluding carboxylic acids is 1. The Balaban J connectivity index is 1.73. The molecule has 2 aromatic rings. The third-order valence-corrected chi connectivity index (χ3v) is 3.59. The molecule has 1 saturated heterocycles. The van der Waals surface area contributed by atoms with Crippen LogP contribution in [-0.4, -0.2) is 50.7 Å². The van der Waals surface area contributed by atoms with Crippen molar-refractivity contribution in [3.8, 4) is 0 Å². The largest absolute Gasteiger partial charge is 0.366 e. The van der Waals surface area contributed by atoms with Crippen LogP contribution in [0.2, 0.25) is 0 Å². The molecular formula is C12H14BrN5O2. The summed E-state index contributed by atoms with van der Waals surface area (Å²) in [6.07, 6.45) is 1.46. The summed E-state index contributed by atoms with van der Waals surface area (Å²) in [6.45, 7) is 3.33. The molecule has 0 unspecified atom stereocenters. The lowest BCUT2D eigenvalue weighted by atomic mass is 10.2. The van der Waals surface area contributed by atoms with E-state index in [0.717, 1.165) is 10.3 Å². The molecule has 0 aliphatic carbocycles. The number of amides is 1. The van der Waals surface area contributed by atoms with E-state index in [2.05, 4.69) is 36.1 Å². The molecular weight excluding hydrogens is 326 g/mol. The molecule has 1 fully saturated rings. The van der Waals surface area contributed by atoms with Crippen molar-refractivity contribution in [1.29, 1.82) is 0 Å². The van der Waals surface area contributed by atoms with Crippen LogP contribution in [0, 0.1) is 6.92 Å². The quantitative estimate of drug-likeness (QED) is 0.866. The van der Waals surface area contributed by atoms with Crippen LogP contribution in [0.1, 0.15) is 28.2 Å². The van der Waals surface area contributed by atoms with Crippen LogP contribution in [0.3, 0.4) is 0 Å². The Bertz CT molecular complexity index is 623. The van der Waals surface area contributed by atoms with Crippen LogP contribution < -0.4 is 0 Å². The predicted molar refractivity (Wildman–Crippen MR) is 74.2 cm³/mol. The second-order valence-corrected chi connectivity index (χ2v) is 5.54. The Labute approximate surface area is 123 Å². The number of aryl methyl sites for hydroxylation is 1. The molecule has 1 aliphatic heterocycles. The van der Waals surface area contributed by atoms with Gasteiger partial charge >= 0.3 is 0 Å². The minimum atomic E-state index is -0.281. The highest BCUT2D eigenvalue weighted by molar-refractivity contribution is 9.10. The summed E-state index contributed by atoms with van der Waals surface area (Å²) in [5.41, 5.74) is 0.559. The fraction of sp³-hybridized carbons (Fsp3) is 0.417. The normalized spacial score (nSPS) is 19.3. The van der Waals surface area contributed by atoms with Crippen molar-refractivity contribution in [3.05, 3.63) is 34.1 Å². The zero-order valence-corrected chi connectivity index (χ0v) is 12.5. The summed E-state index contributed by atoms with van der Waals surface area (Å²) in [6, 6.07) is 1.77. The average molecular weight is 340 g/mol. The topological polar surface area (TPSA) is 86.9 Å². The van der Waals surface area contributed by atoms with Gasteiger partial charge in [0.25, 0.3) is 5.91 Å². The molecule has 20 heavy (non-hydrogen) atoms. The molecule has 3 rings (SSSR count). The van der Waals surface area contributed by atoms with E-state index in [0.29, 0.717) is 31.2 Å². The van der Waals surface area contributed by atoms with Crippen LogP contribution in [0.25, 0.3) is 0 Å². The zero-order chi connectivity index (χ0) is 14.1. The SMILES string of the molecule is Cc1nc([C@H]2CN(C(=O)c3cc(Br)c[nH]3)CCO2)n[nH]1. The standard InChI is InChI=1S/C12H14BrN5O2/c1-7-15-11(17-16-7)10-6-18(2-3-20-10)12(19)9-4-8(13)5-14-9/h4-5,10,14H,2-3,6H2,1H3,(H,15,16,17)/t10-/m1/s1. The number of nitrogens with zero attached hydrogens (tertiary/aromatic N) is 3. The molecule has 0 spiro atoms. The molecule has 0 bridgehead atoms. The molecule has 3 heterocycles. The Morgan fingerprint density at radius 2 is 2.45 bits per heavy atom. The molecule has 1 aliphatic rings. The van der Waals surface area contributed by atoms with Crippen molar-refractivity contribution in [2.24, 2.45) is 0 Å². The van der Waals surface area contributed by atoms with Gasteiger partial charge in [0.2, 0.25) is 0 Å². The van der Waals surface area contributed by atoms with E-state index in [4.69, 9.17) is 4.74 Å². The van der Waals surface area contributed by atoms with Crippen molar-refractivity contribution in [2.75, 3.05) is 19.7 Å². The van der Waals surface area contributed by atoms with E-state index in [1.807, 2.05) is 6.92 Å². The van der Waals surface area contributed by atoms with Gasteiger partial charge in [0.15, 0.2) is 5.82 Å². The lowest BCUT2D eigenvalue weighted by Gasteiger charge is -2.31. The van der Waals surface area contributed by atoms with Gasteiger partial charge in [-0.2, -0.15) is 5.10 Å². The molecule has 1 amide bonds. The van der Waals surface area contributed by atoms with Gasteiger partial charge in [0.1, 0.15) is 17.6 Å². The summed E-state index contributed by atoms with van der Waals surface area (Å²) >= 11 is 3.32. The first-order valence-electron chi connectivity index (χ1n) is 6.27. The van der Waals surface area contributed by atoms with Gasteiger partial charge in [-0.05, 0) is 28.9 Å². The van der Waals surface area contributed by atoms with E-state index >= 15 is 0 Å². The van der Waals surface area contributed by atoms with Crippen LogP contribution in [0.15, 0.2) is 16.7 Å². The molecule has 2 N–H and O–H groups in total. The third-order valence-electron chi connectivity index (χ3n) is 3.13. The number of nitrogens with one attached hydrogen (secondary N) is 2. The maximum atomic E-state index is 12.4. The fourth-order valence-electron chi connectivity index (χ4n) is 2.16. The first-order valence-corrected chi connectivity index (χ1v) is 7.06. The smallest absolute Gasteiger partial charge is 0.270 e. The zero-order valence-electron chi connectivity index (χ0n) is 10.9. The highest BCUT2D eigenvalue weighted by atomic mass is 79.9. The van der Waals surface area contributed by atoms with Gasteiger partial charge in [0, 0.05) is 17.2 Å². The number of halogens is 1. The second kappa shape index (κ2) is 5.37. The van der Waals surface area contributed by atoms with Gasteiger partial charge < -0.3 is 14.6 Å². The number of aromatic amines is 2. The van der Waals surface area contributed by atoms with Crippen LogP contribution in [0.5, 0.6) is 0 Å². The average Bonchev–Trinajstić information content (AvgIpc) is 3.07. The summed E-state index contributed by atoms with van der Waals surface area (Å²) in [5.74, 6) is 1.28. The molecule has 0 aromatic carbocycles. The Hall–Kier alpha value is -1.67. The van der Waals surface area contributed by atoms with Crippen molar-refractivity contribution < 1.29 is 9.53 Å². The van der Waals surface area contributed by atoms with E-state index in [1.165, 1.54) is 0 Å². The van der Waals surface area contributed by atoms with Gasteiger partial charge in [0.05, 0.1) is 13.2 Å². The van der Waals surface area contributed by atoms with E-state index in [9.17, 15) is 4.79 Å². The molecule has 8 heteroatoms. The minimum absolute atomic E-state index is 0.0451. The van der Waals surface area contributed by atoms with Gasteiger partial charge in [-0.1, -0.05) is 0 Å². The van der Waals surface area contributed by atoms with Crippen molar-refractivity contribution in [1.82, 2.24) is 25.1 Å². The Morgan fingerprint density at radius 3 is 3.10 bits per heavy atom. The van der Waals surface area contributed by atoms with E-state index < -0.39 is 0 Å². The first-order chi connectivity index (χ1) is 9.63. The number of hydrogen-bond acceptors (Lipinski definition) is 4. The molecule has 2 aromatic heterocycles. The van der Waals surface area contributed by atoms with Gasteiger partial charge in [-0.3, -0.25) is 9.89 Å². The predicted octanol–water partition coefficient (Wildman–Crippen LogP) is 1.42. The Kier molecular flexibility index (Phi) is 3.58. The summed E-state index contributed by atoms with van der Waals surface area (Å²) < 4.78 is 6.50.